The van der Waals surface area contributed by atoms with E-state index in [0.717, 1.165) is 101 Å². The van der Waals surface area contributed by atoms with E-state index in [-0.39, 0.29) is 30.1 Å². The molecule has 0 saturated heterocycles. The van der Waals surface area contributed by atoms with Crippen LogP contribution in [-0.4, -0.2) is 10.2 Å². The molecule has 0 heterocycles. The van der Waals surface area contributed by atoms with Crippen molar-refractivity contribution in [3.05, 3.63) is 381 Å². The van der Waals surface area contributed by atoms with Gasteiger partial charge in [-0.1, -0.05) is 208 Å². The largest absolute Gasteiger partial charge is 0.508 e. The van der Waals surface area contributed by atoms with E-state index in [0.29, 0.717) is 79.5 Å². The molecule has 14 aromatic rings. The fourth-order valence-corrected chi connectivity index (χ4v) is 19.9. The molecule has 0 atom stereocenters. The maximum absolute atomic E-state index is 15.2. The standard InChI is InChI=1S/C99H90O12P2/c1-65-51-77(52-66(2)97(65)110-85-55-69(5)95(70(6)56-85)106-63-75-35-44-82(45-36-75)108-80-40-31-73(32-41-80)61-104-84-48-49-91(101)93(60-84)112(102,87-23-15-11-16-24-87)88-25-17-12-18-26-88)99(9,10)78-53-67(3)98(68(4)54-78)111-86-57-71(7)96(72(8)58-86)107-64-76-37-46-83(47-38-76)109-81-42-33-74(34-43-81)62-105-92-50-39-79(100)59-94(92)113(103,89-27-19-13-20-28-89)90-29-21-14-22-30-90/h11-60,100-101H,61-64H2,1-10H3. The van der Waals surface area contributed by atoms with Gasteiger partial charge < -0.3 is 57.2 Å². The second kappa shape index (κ2) is 33.6. The van der Waals surface area contributed by atoms with Crippen LogP contribution in [0.2, 0.25) is 0 Å². The molecule has 14 aromatic carbocycles. The Morgan fingerprint density at radius 1 is 0.274 bits per heavy atom. The summed E-state index contributed by atoms with van der Waals surface area (Å²) in [5.74, 6) is 8.34. The van der Waals surface area contributed by atoms with E-state index < -0.39 is 14.3 Å². The minimum absolute atomic E-state index is 0.00719. The molecule has 0 bridgehead atoms. The number of phenols is 2. The summed E-state index contributed by atoms with van der Waals surface area (Å²) in [5.41, 5.74) is 13.8. The molecule has 568 valence electrons. The van der Waals surface area contributed by atoms with E-state index >= 15 is 4.57 Å². The number of hydrogen-bond donors (Lipinski definition) is 2. The van der Waals surface area contributed by atoms with Crippen molar-refractivity contribution in [2.75, 3.05) is 0 Å². The molecule has 0 aliphatic carbocycles. The Bertz CT molecular complexity index is 5640. The Kier molecular flexibility index (Phi) is 23.0. The SMILES string of the molecule is Cc1cc(Oc2c(C)cc(C(C)(C)c3cc(C)c(Oc4cc(C)c(OCc5ccc(Oc6ccc(COc7ccc(O)cc7P(=O)(c7ccccc7)c7ccccc7)cc6)cc5)c(C)c4)c(C)c3)cc2C)cc(C)c1OCc1ccc(Oc2ccc(COc3ccc(O)c(P(=O)(c4ccccc4)c4ccccc4)c3)cc2)cc1. The minimum Gasteiger partial charge on any atom is -0.508 e. The summed E-state index contributed by atoms with van der Waals surface area (Å²) in [6.07, 6.45) is 0. The third-order valence-electron chi connectivity index (χ3n) is 20.4. The number of benzene rings is 14. The highest BCUT2D eigenvalue weighted by Crippen LogP contribution is 2.49. The summed E-state index contributed by atoms with van der Waals surface area (Å²) in [7, 11) is -6.84. The normalized spacial score (nSPS) is 11.6. The van der Waals surface area contributed by atoms with Crippen LogP contribution in [0.3, 0.4) is 0 Å². The lowest BCUT2D eigenvalue weighted by Gasteiger charge is -2.29. The zero-order chi connectivity index (χ0) is 79.0. The molecule has 0 aliphatic heterocycles. The van der Waals surface area contributed by atoms with E-state index in [1.807, 2.05) is 270 Å². The summed E-state index contributed by atoms with van der Waals surface area (Å²) in [6, 6.07) is 95.1. The summed E-state index contributed by atoms with van der Waals surface area (Å²) >= 11 is 0. The van der Waals surface area contributed by atoms with Crippen molar-refractivity contribution < 1.29 is 57.2 Å². The second-order valence-electron chi connectivity index (χ2n) is 29.3. The van der Waals surface area contributed by atoms with Crippen LogP contribution in [0.15, 0.2) is 303 Å². The number of hydrogen-bond acceptors (Lipinski definition) is 12. The Balaban J connectivity index is 0.543. The van der Waals surface area contributed by atoms with Crippen LogP contribution >= 0.6 is 14.3 Å². The molecule has 0 fully saturated rings. The number of phenolic OH excluding ortho intramolecular Hbond substituents is 2. The van der Waals surface area contributed by atoms with Crippen LogP contribution in [0.5, 0.6) is 80.5 Å². The van der Waals surface area contributed by atoms with Gasteiger partial charge in [0.2, 0.25) is 0 Å². The van der Waals surface area contributed by atoms with E-state index in [4.69, 9.17) is 37.9 Å². The van der Waals surface area contributed by atoms with Crippen molar-refractivity contribution in [2.45, 2.75) is 101 Å². The number of ether oxygens (including phenoxy) is 8. The van der Waals surface area contributed by atoms with Gasteiger partial charge in [-0.05, 0) is 242 Å². The van der Waals surface area contributed by atoms with Gasteiger partial charge in [-0.2, -0.15) is 0 Å². The average Bonchev–Trinajstić information content (AvgIpc) is 1.28. The number of aryl methyl sites for hydroxylation is 8. The maximum atomic E-state index is 15.2. The Hall–Kier alpha value is -12.5. The van der Waals surface area contributed by atoms with E-state index in [2.05, 4.69) is 65.8 Å². The molecule has 2 N–H and O–H groups in total. The molecular formula is C99H90O12P2. The average molecular weight is 1530 g/mol. The summed E-state index contributed by atoms with van der Waals surface area (Å²) in [4.78, 5) is 0. The molecule has 0 unspecified atom stereocenters. The van der Waals surface area contributed by atoms with E-state index in [9.17, 15) is 14.8 Å². The van der Waals surface area contributed by atoms with Gasteiger partial charge in [-0.25, -0.2) is 0 Å². The van der Waals surface area contributed by atoms with Crippen LogP contribution in [-0.2, 0) is 41.0 Å². The van der Waals surface area contributed by atoms with Crippen LogP contribution in [0.1, 0.15) is 91.7 Å². The highest BCUT2D eigenvalue weighted by atomic mass is 31.2. The van der Waals surface area contributed by atoms with Crippen molar-refractivity contribution in [1.82, 2.24) is 0 Å². The molecular weight excluding hydrogens is 1440 g/mol. The van der Waals surface area contributed by atoms with Gasteiger partial charge in [-0.3, -0.25) is 0 Å². The van der Waals surface area contributed by atoms with E-state index in [1.54, 1.807) is 36.4 Å². The predicted molar refractivity (Wildman–Crippen MR) is 454 cm³/mol. The van der Waals surface area contributed by atoms with Crippen LogP contribution in [0, 0.1) is 55.4 Å². The van der Waals surface area contributed by atoms with Crippen LogP contribution in [0.25, 0.3) is 0 Å². The van der Waals surface area contributed by atoms with Gasteiger partial charge >= 0.3 is 0 Å². The quantitative estimate of drug-likeness (QED) is 0.0450. The Morgan fingerprint density at radius 3 is 0.920 bits per heavy atom. The first-order chi connectivity index (χ1) is 54.5. The summed E-state index contributed by atoms with van der Waals surface area (Å²) in [5, 5.41) is 25.0. The highest BCUT2D eigenvalue weighted by molar-refractivity contribution is 7.86. The predicted octanol–water partition coefficient (Wildman–Crippen LogP) is 22.7. The first kappa shape index (κ1) is 77.3. The van der Waals surface area contributed by atoms with Crippen molar-refractivity contribution in [1.29, 1.82) is 0 Å². The minimum atomic E-state index is -3.42. The van der Waals surface area contributed by atoms with Gasteiger partial charge in [0.25, 0.3) is 0 Å². The lowest BCUT2D eigenvalue weighted by atomic mass is 9.76. The molecule has 0 saturated carbocycles. The monoisotopic (exact) mass is 1530 g/mol. The van der Waals surface area contributed by atoms with Gasteiger partial charge in [0, 0.05) is 26.6 Å². The smallest absolute Gasteiger partial charge is 0.174 e. The molecule has 0 radical (unpaired) electrons. The molecule has 14 rings (SSSR count). The molecule has 12 nitrogen and oxygen atoms in total. The van der Waals surface area contributed by atoms with Gasteiger partial charge in [-0.15, -0.1) is 0 Å². The van der Waals surface area contributed by atoms with Crippen molar-refractivity contribution in [2.24, 2.45) is 0 Å². The van der Waals surface area contributed by atoms with Crippen molar-refractivity contribution in [3.8, 4) is 80.5 Å². The first-order valence-corrected chi connectivity index (χ1v) is 41.1. The topological polar surface area (TPSA) is 148 Å². The molecule has 0 aromatic heterocycles. The first-order valence-electron chi connectivity index (χ1n) is 37.7. The number of rotatable bonds is 28. The molecule has 0 amide bonds. The Morgan fingerprint density at radius 2 is 0.575 bits per heavy atom. The fraction of sp³-hybridized carbons (Fsp3) is 0.152. The molecule has 113 heavy (non-hydrogen) atoms. The lowest BCUT2D eigenvalue weighted by Crippen LogP contribution is -2.26. The van der Waals surface area contributed by atoms with E-state index in [1.165, 1.54) is 11.1 Å². The third kappa shape index (κ3) is 17.4. The molecule has 14 heteroatoms. The zero-order valence-corrected chi connectivity index (χ0v) is 66.9. The third-order valence-corrected chi connectivity index (χ3v) is 26.6. The van der Waals surface area contributed by atoms with Crippen molar-refractivity contribution in [3.63, 3.8) is 0 Å². The number of aromatic hydroxyl groups is 2. The van der Waals surface area contributed by atoms with Gasteiger partial charge in [0.1, 0.15) is 107 Å². The highest BCUT2D eigenvalue weighted by Gasteiger charge is 2.35. The second-order valence-corrected chi connectivity index (χ2v) is 34.7. The molecule has 0 aliphatic rings. The fourth-order valence-electron chi connectivity index (χ4n) is 14.4. The molecule has 0 spiro atoms. The summed E-state index contributed by atoms with van der Waals surface area (Å²) < 4.78 is 81.7. The summed E-state index contributed by atoms with van der Waals surface area (Å²) in [6.45, 7) is 22.4. The van der Waals surface area contributed by atoms with Crippen LogP contribution < -0.4 is 69.7 Å². The van der Waals surface area contributed by atoms with Crippen LogP contribution in [0.4, 0.5) is 0 Å². The lowest BCUT2D eigenvalue weighted by molar-refractivity contribution is 0.301. The zero-order valence-electron chi connectivity index (χ0n) is 65.1. The maximum Gasteiger partial charge on any atom is 0.174 e. The van der Waals surface area contributed by atoms with Gasteiger partial charge in [0.05, 0.1) is 10.6 Å². The van der Waals surface area contributed by atoms with Gasteiger partial charge in [0.15, 0.2) is 14.3 Å². The Labute approximate surface area is 662 Å². The van der Waals surface area contributed by atoms with Crippen molar-refractivity contribution >= 4 is 46.1 Å².